The van der Waals surface area contributed by atoms with Gasteiger partial charge in [0, 0.05) is 42.9 Å². The smallest absolute Gasteiger partial charge is 0.138 e. The minimum Gasteiger partial charge on any atom is -0.302 e. The van der Waals surface area contributed by atoms with Gasteiger partial charge in [0.2, 0.25) is 0 Å². The summed E-state index contributed by atoms with van der Waals surface area (Å²) in [6.07, 6.45) is 7.39. The number of Topliss-reactive ketones (excluding diaryl/α,β-unsaturated/α-hetero) is 1. The van der Waals surface area contributed by atoms with Crippen molar-refractivity contribution >= 4 is 5.78 Å². The van der Waals surface area contributed by atoms with Crippen molar-refractivity contribution in [2.45, 2.75) is 33.2 Å². The van der Waals surface area contributed by atoms with E-state index in [0.29, 0.717) is 17.6 Å². The molecule has 0 aromatic carbocycles. The summed E-state index contributed by atoms with van der Waals surface area (Å²) in [6.45, 7) is 5.92. The third-order valence-electron chi connectivity index (χ3n) is 3.84. The Morgan fingerprint density at radius 3 is 2.58 bits per heavy atom. The van der Waals surface area contributed by atoms with Gasteiger partial charge < -0.3 is 4.90 Å². The molecule has 1 aliphatic rings. The molecule has 0 aliphatic heterocycles. The summed E-state index contributed by atoms with van der Waals surface area (Å²) in [5, 5.41) is 0. The number of rotatable bonds is 6. The largest absolute Gasteiger partial charge is 0.302 e. The highest BCUT2D eigenvalue weighted by Crippen LogP contribution is 2.36. The van der Waals surface area contributed by atoms with E-state index < -0.39 is 0 Å². The maximum absolute atomic E-state index is 11.8. The van der Waals surface area contributed by atoms with Crippen LogP contribution in [0.3, 0.4) is 0 Å². The van der Waals surface area contributed by atoms with Crippen LogP contribution in [0.2, 0.25) is 0 Å². The van der Waals surface area contributed by atoms with E-state index in [0.717, 1.165) is 31.5 Å². The highest BCUT2D eigenvalue weighted by molar-refractivity contribution is 5.83. The molecule has 19 heavy (non-hydrogen) atoms. The van der Waals surface area contributed by atoms with Gasteiger partial charge in [-0.05, 0) is 25.8 Å². The Kier molecular flexibility index (Phi) is 4.64. The van der Waals surface area contributed by atoms with E-state index in [9.17, 15) is 4.79 Å². The van der Waals surface area contributed by atoms with Crippen LogP contribution in [0.5, 0.6) is 0 Å². The summed E-state index contributed by atoms with van der Waals surface area (Å²) in [5.41, 5.74) is 1.14. The molecule has 1 saturated carbocycles. The standard InChI is InChI=1S/C15H23N3O/c1-11(2)15(19)14-4-12(5-14)8-18(3)9-13-6-16-10-17-7-13/h6-7,10-12,14H,4-5,8-9H2,1-3H3. The Hall–Kier alpha value is -1.29. The fraction of sp³-hybridized carbons (Fsp3) is 0.667. The molecule has 1 aromatic rings. The van der Waals surface area contributed by atoms with Gasteiger partial charge in [0.25, 0.3) is 0 Å². The summed E-state index contributed by atoms with van der Waals surface area (Å²) >= 11 is 0. The molecule has 1 aromatic heterocycles. The van der Waals surface area contributed by atoms with Gasteiger partial charge in [0.15, 0.2) is 0 Å². The molecule has 104 valence electrons. The van der Waals surface area contributed by atoms with Crippen LogP contribution in [0.1, 0.15) is 32.3 Å². The number of hydrogen-bond donors (Lipinski definition) is 0. The molecule has 0 radical (unpaired) electrons. The molecule has 0 N–H and O–H groups in total. The predicted octanol–water partition coefficient (Wildman–Crippen LogP) is 2.16. The van der Waals surface area contributed by atoms with Gasteiger partial charge >= 0.3 is 0 Å². The van der Waals surface area contributed by atoms with Gasteiger partial charge in [-0.2, -0.15) is 0 Å². The normalized spacial score (nSPS) is 22.6. The highest BCUT2D eigenvalue weighted by Gasteiger charge is 2.35. The second kappa shape index (κ2) is 6.24. The number of aromatic nitrogens is 2. The third-order valence-corrected chi connectivity index (χ3v) is 3.84. The van der Waals surface area contributed by atoms with Crippen LogP contribution in [0, 0.1) is 17.8 Å². The zero-order valence-electron chi connectivity index (χ0n) is 12.0. The van der Waals surface area contributed by atoms with Crippen molar-refractivity contribution in [3.05, 3.63) is 24.3 Å². The fourth-order valence-electron chi connectivity index (χ4n) is 2.82. The van der Waals surface area contributed by atoms with Gasteiger partial charge in [-0.1, -0.05) is 13.8 Å². The van der Waals surface area contributed by atoms with Crippen LogP contribution in [-0.2, 0) is 11.3 Å². The zero-order chi connectivity index (χ0) is 13.8. The van der Waals surface area contributed by atoms with E-state index in [4.69, 9.17) is 0 Å². The molecular formula is C15H23N3O. The molecule has 4 nitrogen and oxygen atoms in total. The average Bonchev–Trinajstić information content (AvgIpc) is 2.33. The average molecular weight is 261 g/mol. The molecule has 1 heterocycles. The van der Waals surface area contributed by atoms with Gasteiger partial charge in [0.05, 0.1) is 0 Å². The van der Waals surface area contributed by atoms with Crippen molar-refractivity contribution in [3.63, 3.8) is 0 Å². The lowest BCUT2D eigenvalue weighted by Gasteiger charge is -2.37. The maximum Gasteiger partial charge on any atom is 0.138 e. The van der Waals surface area contributed by atoms with E-state index in [1.54, 1.807) is 6.33 Å². The van der Waals surface area contributed by atoms with Crippen LogP contribution in [0.15, 0.2) is 18.7 Å². The van der Waals surface area contributed by atoms with Crippen LogP contribution in [0.25, 0.3) is 0 Å². The van der Waals surface area contributed by atoms with Crippen molar-refractivity contribution < 1.29 is 4.79 Å². The molecule has 0 amide bonds. The predicted molar refractivity (Wildman–Crippen MR) is 74.4 cm³/mol. The second-order valence-corrected chi connectivity index (χ2v) is 6.03. The van der Waals surface area contributed by atoms with E-state index in [1.165, 1.54) is 0 Å². The highest BCUT2D eigenvalue weighted by atomic mass is 16.1. The second-order valence-electron chi connectivity index (χ2n) is 6.03. The van der Waals surface area contributed by atoms with Crippen molar-refractivity contribution in [3.8, 4) is 0 Å². The first-order chi connectivity index (χ1) is 9.06. The Morgan fingerprint density at radius 1 is 1.37 bits per heavy atom. The molecule has 0 saturated heterocycles. The summed E-state index contributed by atoms with van der Waals surface area (Å²) in [5.74, 6) is 1.61. The van der Waals surface area contributed by atoms with E-state index in [2.05, 4.69) is 21.9 Å². The van der Waals surface area contributed by atoms with Crippen LogP contribution in [-0.4, -0.2) is 34.2 Å². The van der Waals surface area contributed by atoms with Gasteiger partial charge in [-0.25, -0.2) is 9.97 Å². The van der Waals surface area contributed by atoms with E-state index >= 15 is 0 Å². The Bertz CT molecular complexity index is 413. The zero-order valence-corrected chi connectivity index (χ0v) is 12.0. The fourth-order valence-corrected chi connectivity index (χ4v) is 2.82. The van der Waals surface area contributed by atoms with Crippen molar-refractivity contribution in [1.82, 2.24) is 14.9 Å². The quantitative estimate of drug-likeness (QED) is 0.787. The summed E-state index contributed by atoms with van der Waals surface area (Å²) < 4.78 is 0. The van der Waals surface area contributed by atoms with Gasteiger partial charge in [-0.3, -0.25) is 4.79 Å². The SMILES string of the molecule is CC(C)C(=O)C1CC(CN(C)Cc2cncnc2)C1. The molecule has 1 fully saturated rings. The molecular weight excluding hydrogens is 238 g/mol. The summed E-state index contributed by atoms with van der Waals surface area (Å²) in [6, 6.07) is 0. The van der Waals surface area contributed by atoms with Crippen LogP contribution in [0.4, 0.5) is 0 Å². The van der Waals surface area contributed by atoms with Crippen LogP contribution < -0.4 is 0 Å². The number of carbonyl (C=O) groups is 1. The molecule has 4 heteroatoms. The van der Waals surface area contributed by atoms with E-state index in [-0.39, 0.29) is 5.92 Å². The molecule has 1 aliphatic carbocycles. The maximum atomic E-state index is 11.8. The summed E-state index contributed by atoms with van der Waals surface area (Å²) in [4.78, 5) is 22.2. The first-order valence-corrected chi connectivity index (χ1v) is 7.02. The number of hydrogen-bond acceptors (Lipinski definition) is 4. The monoisotopic (exact) mass is 261 g/mol. The number of nitrogens with zero attached hydrogens (tertiary/aromatic N) is 3. The minimum absolute atomic E-state index is 0.185. The Balaban J connectivity index is 1.71. The minimum atomic E-state index is 0.185. The summed E-state index contributed by atoms with van der Waals surface area (Å²) in [7, 11) is 2.12. The molecule has 0 bridgehead atoms. The Morgan fingerprint density at radius 2 is 2.00 bits per heavy atom. The lowest BCUT2D eigenvalue weighted by molar-refractivity contribution is -0.130. The van der Waals surface area contributed by atoms with E-state index in [1.807, 2.05) is 26.2 Å². The molecule has 2 rings (SSSR count). The van der Waals surface area contributed by atoms with Crippen molar-refractivity contribution in [2.75, 3.05) is 13.6 Å². The van der Waals surface area contributed by atoms with Crippen LogP contribution >= 0.6 is 0 Å². The lowest BCUT2D eigenvalue weighted by atomic mass is 9.70. The van der Waals surface area contributed by atoms with Gasteiger partial charge in [-0.15, -0.1) is 0 Å². The number of ketones is 1. The van der Waals surface area contributed by atoms with Crippen molar-refractivity contribution in [1.29, 1.82) is 0 Å². The van der Waals surface area contributed by atoms with Gasteiger partial charge in [0.1, 0.15) is 12.1 Å². The topological polar surface area (TPSA) is 46.1 Å². The molecule has 0 atom stereocenters. The third kappa shape index (κ3) is 3.83. The first-order valence-electron chi connectivity index (χ1n) is 7.02. The lowest BCUT2D eigenvalue weighted by Crippen LogP contribution is -2.38. The Labute approximate surface area is 115 Å². The molecule has 0 spiro atoms. The number of carbonyl (C=O) groups excluding carboxylic acids is 1. The first kappa shape index (κ1) is 14.1. The van der Waals surface area contributed by atoms with Crippen molar-refractivity contribution in [2.24, 2.45) is 17.8 Å². The molecule has 0 unspecified atom stereocenters.